The van der Waals surface area contributed by atoms with Crippen molar-refractivity contribution in [2.45, 2.75) is 25.7 Å². The summed E-state index contributed by atoms with van der Waals surface area (Å²) in [6.07, 6.45) is 1.84. The van der Waals surface area contributed by atoms with Crippen LogP contribution in [-0.2, 0) is 4.79 Å². The molecule has 0 saturated heterocycles. The van der Waals surface area contributed by atoms with Gasteiger partial charge in [0.05, 0.1) is 21.3 Å². The van der Waals surface area contributed by atoms with Crippen LogP contribution in [0.4, 0.5) is 0 Å². The fourth-order valence-electron chi connectivity index (χ4n) is 2.79. The van der Waals surface area contributed by atoms with Crippen LogP contribution in [0.5, 0.6) is 0 Å². The van der Waals surface area contributed by atoms with Crippen molar-refractivity contribution in [2.75, 3.05) is 6.26 Å². The summed E-state index contributed by atoms with van der Waals surface area (Å²) >= 11 is 19.9. The Morgan fingerprint density at radius 3 is 2.16 bits per heavy atom. The number of carbonyl (C=O) groups excluding carboxylic acids is 2. The molecule has 0 bridgehead atoms. The number of hydrazine groups is 1. The third-order valence-corrected chi connectivity index (χ3v) is 6.07. The van der Waals surface area contributed by atoms with E-state index < -0.39 is 11.3 Å². The molecule has 0 unspecified atom stereocenters. The Morgan fingerprint density at radius 2 is 1.59 bits per heavy atom. The fourth-order valence-corrected chi connectivity index (χ4v) is 4.13. The fraction of sp³-hybridized carbons (Fsp3) is 0.227. The summed E-state index contributed by atoms with van der Waals surface area (Å²) in [4.78, 5) is 25.8. The molecule has 3 rings (SSSR count). The molecule has 32 heavy (non-hydrogen) atoms. The summed E-state index contributed by atoms with van der Waals surface area (Å²) in [5.41, 5.74) is 6.37. The van der Waals surface area contributed by atoms with E-state index in [2.05, 4.69) is 16.0 Å². The average molecular weight is 512 g/mol. The zero-order valence-corrected chi connectivity index (χ0v) is 20.9. The Morgan fingerprint density at radius 1 is 0.969 bits per heavy atom. The lowest BCUT2D eigenvalue weighted by Gasteiger charge is -2.17. The van der Waals surface area contributed by atoms with Crippen LogP contribution in [0.15, 0.2) is 47.4 Å². The highest BCUT2D eigenvalue weighted by Crippen LogP contribution is 2.37. The van der Waals surface area contributed by atoms with Crippen LogP contribution in [0.3, 0.4) is 0 Å². The summed E-state index contributed by atoms with van der Waals surface area (Å²) in [6, 6.07) is 12.2. The van der Waals surface area contributed by atoms with E-state index in [1.165, 1.54) is 11.8 Å². The first-order valence-corrected chi connectivity index (χ1v) is 11.9. The molecule has 6 nitrogen and oxygen atoms in total. The largest absolute Gasteiger partial charge is 0.291 e. The van der Waals surface area contributed by atoms with Crippen molar-refractivity contribution >= 4 is 58.4 Å². The van der Waals surface area contributed by atoms with Gasteiger partial charge in [-0.15, -0.1) is 11.8 Å². The molecule has 1 aromatic heterocycles. The number of amides is 2. The number of benzene rings is 2. The van der Waals surface area contributed by atoms with Crippen molar-refractivity contribution in [1.29, 1.82) is 0 Å². The van der Waals surface area contributed by atoms with E-state index in [9.17, 15) is 9.59 Å². The lowest BCUT2D eigenvalue weighted by molar-refractivity contribution is -0.129. The Kier molecular flexibility index (Phi) is 7.45. The van der Waals surface area contributed by atoms with E-state index in [-0.39, 0.29) is 11.6 Å². The molecule has 1 heterocycles. The minimum absolute atomic E-state index is 0.141. The second-order valence-corrected chi connectivity index (χ2v) is 10.00. The van der Waals surface area contributed by atoms with Crippen LogP contribution in [0.1, 0.15) is 31.3 Å². The molecule has 0 fully saturated rings. The normalized spacial score (nSPS) is 11.3. The maximum Gasteiger partial charge on any atom is 0.291 e. The van der Waals surface area contributed by atoms with Crippen LogP contribution in [0.25, 0.3) is 16.9 Å². The number of nitrogens with zero attached hydrogens (tertiary/aromatic N) is 2. The summed E-state index contributed by atoms with van der Waals surface area (Å²) in [5, 5.41) is 5.98. The minimum Gasteiger partial charge on any atom is -0.273 e. The number of hydrogen-bond acceptors (Lipinski definition) is 4. The lowest BCUT2D eigenvalue weighted by Crippen LogP contribution is -2.46. The summed E-state index contributed by atoms with van der Waals surface area (Å²) in [7, 11) is 0. The van der Waals surface area contributed by atoms with Gasteiger partial charge in [0.25, 0.3) is 5.91 Å². The van der Waals surface area contributed by atoms with Gasteiger partial charge in [-0.3, -0.25) is 20.4 Å². The van der Waals surface area contributed by atoms with Crippen LogP contribution < -0.4 is 10.9 Å². The lowest BCUT2D eigenvalue weighted by atomic mass is 9.96. The molecule has 2 amide bonds. The maximum atomic E-state index is 13.0. The molecule has 168 valence electrons. The van der Waals surface area contributed by atoms with Crippen molar-refractivity contribution in [3.63, 3.8) is 0 Å². The Balaban J connectivity index is 2.14. The number of nitrogens with one attached hydrogen (secondary N) is 2. The van der Waals surface area contributed by atoms with Gasteiger partial charge in [-0.1, -0.05) is 67.7 Å². The van der Waals surface area contributed by atoms with Gasteiger partial charge < -0.3 is 0 Å². The molecule has 0 aliphatic rings. The standard InChI is InChI=1S/C22H21Cl3N4O2S/c1-22(2,3)21(31)27-26-20(30)17-19(32-4)18(12-5-7-13(23)8-6-12)29(28-17)16-10-9-14(24)11-15(16)25/h5-11H,1-4H3,(H,26,30)(H,27,31). The van der Waals surface area contributed by atoms with Crippen LogP contribution in [0.2, 0.25) is 15.1 Å². The third kappa shape index (κ3) is 5.23. The zero-order chi connectivity index (χ0) is 23.6. The van der Waals surface area contributed by atoms with Crippen LogP contribution >= 0.6 is 46.6 Å². The van der Waals surface area contributed by atoms with Crippen LogP contribution in [-0.4, -0.2) is 27.9 Å². The van der Waals surface area contributed by atoms with E-state index in [1.807, 2.05) is 18.4 Å². The summed E-state index contributed by atoms with van der Waals surface area (Å²) in [5.74, 6) is -0.874. The van der Waals surface area contributed by atoms with E-state index in [4.69, 9.17) is 34.8 Å². The molecule has 2 N–H and O–H groups in total. The summed E-state index contributed by atoms with van der Waals surface area (Å²) < 4.78 is 1.59. The predicted molar refractivity (Wildman–Crippen MR) is 131 cm³/mol. The van der Waals surface area contributed by atoms with Crippen molar-refractivity contribution in [3.05, 3.63) is 63.2 Å². The minimum atomic E-state index is -0.666. The van der Waals surface area contributed by atoms with Gasteiger partial charge in [-0.05, 0) is 36.6 Å². The zero-order valence-electron chi connectivity index (χ0n) is 17.8. The average Bonchev–Trinajstić information content (AvgIpc) is 3.11. The second kappa shape index (κ2) is 9.75. The molecule has 2 aromatic carbocycles. The quantitative estimate of drug-likeness (QED) is 0.331. The van der Waals surface area contributed by atoms with Gasteiger partial charge in [-0.25, -0.2) is 4.68 Å². The molecular formula is C22H21Cl3N4O2S. The van der Waals surface area contributed by atoms with Gasteiger partial charge >= 0.3 is 0 Å². The molecule has 0 saturated carbocycles. The number of rotatable bonds is 4. The summed E-state index contributed by atoms with van der Waals surface area (Å²) in [6.45, 7) is 5.24. The number of carbonyl (C=O) groups is 2. The van der Waals surface area contributed by atoms with Gasteiger partial charge in [-0.2, -0.15) is 5.10 Å². The van der Waals surface area contributed by atoms with Crippen molar-refractivity contribution in [1.82, 2.24) is 20.6 Å². The topological polar surface area (TPSA) is 76.0 Å². The highest BCUT2D eigenvalue weighted by Gasteiger charge is 2.27. The molecule has 0 radical (unpaired) electrons. The van der Waals surface area contributed by atoms with Crippen molar-refractivity contribution in [2.24, 2.45) is 5.41 Å². The van der Waals surface area contributed by atoms with Gasteiger partial charge in [0, 0.05) is 21.0 Å². The Labute approximate surface area is 205 Å². The van der Waals surface area contributed by atoms with E-state index in [0.29, 0.717) is 31.3 Å². The molecule has 0 atom stereocenters. The van der Waals surface area contributed by atoms with Crippen molar-refractivity contribution < 1.29 is 9.59 Å². The van der Waals surface area contributed by atoms with Crippen molar-refractivity contribution in [3.8, 4) is 16.9 Å². The first-order chi connectivity index (χ1) is 15.0. The number of halogens is 3. The molecular weight excluding hydrogens is 491 g/mol. The Hall–Kier alpha value is -2.19. The highest BCUT2D eigenvalue weighted by atomic mass is 35.5. The van der Waals surface area contributed by atoms with Gasteiger partial charge in [0.2, 0.25) is 5.91 Å². The first kappa shape index (κ1) is 24.5. The van der Waals surface area contributed by atoms with Crippen LogP contribution in [0, 0.1) is 5.41 Å². The molecule has 0 spiro atoms. The molecule has 0 aliphatic heterocycles. The number of aromatic nitrogens is 2. The number of thioether (sulfide) groups is 1. The molecule has 3 aromatic rings. The maximum absolute atomic E-state index is 13.0. The van der Waals surface area contributed by atoms with Gasteiger partial charge in [0.1, 0.15) is 0 Å². The SMILES string of the molecule is CSc1c(C(=O)NNC(=O)C(C)(C)C)nn(-c2ccc(Cl)cc2Cl)c1-c1ccc(Cl)cc1. The van der Waals surface area contributed by atoms with E-state index >= 15 is 0 Å². The highest BCUT2D eigenvalue weighted by molar-refractivity contribution is 7.98. The van der Waals surface area contributed by atoms with E-state index in [1.54, 1.807) is 55.8 Å². The molecule has 10 heteroatoms. The number of hydrogen-bond donors (Lipinski definition) is 2. The predicted octanol–water partition coefficient (Wildman–Crippen LogP) is 6.03. The monoisotopic (exact) mass is 510 g/mol. The first-order valence-electron chi connectivity index (χ1n) is 9.52. The third-order valence-electron chi connectivity index (χ3n) is 4.49. The smallest absolute Gasteiger partial charge is 0.273 e. The van der Waals surface area contributed by atoms with E-state index in [0.717, 1.165) is 5.56 Å². The van der Waals surface area contributed by atoms with Gasteiger partial charge in [0.15, 0.2) is 5.69 Å². The molecule has 0 aliphatic carbocycles. The second-order valence-electron chi connectivity index (χ2n) is 7.90. The Bertz CT molecular complexity index is 1170.